The van der Waals surface area contributed by atoms with Gasteiger partial charge in [0.05, 0.1) is 41.8 Å². The lowest BCUT2D eigenvalue weighted by Gasteiger charge is -2.28. The first-order chi connectivity index (χ1) is 23.3. The number of aromatic nitrogens is 3. The van der Waals surface area contributed by atoms with E-state index in [9.17, 15) is 9.90 Å². The van der Waals surface area contributed by atoms with Gasteiger partial charge in [0.1, 0.15) is 17.1 Å². The van der Waals surface area contributed by atoms with E-state index in [1.165, 1.54) is 0 Å². The molecule has 9 nitrogen and oxygen atoms in total. The summed E-state index contributed by atoms with van der Waals surface area (Å²) in [5, 5.41) is 10.4. The predicted octanol–water partition coefficient (Wildman–Crippen LogP) is 6.54. The number of carbonyl (C=O) groups excluding carboxylic acids is 1. The highest BCUT2D eigenvalue weighted by atomic mass is 35.5. The Morgan fingerprint density at radius 2 is 1.77 bits per heavy atom. The first-order valence-corrected chi connectivity index (χ1v) is 17.2. The van der Waals surface area contributed by atoms with Crippen LogP contribution in [0.5, 0.6) is 11.6 Å². The summed E-state index contributed by atoms with van der Waals surface area (Å²) in [7, 11) is 3.22. The fraction of sp³-hybridized carbons (Fsp3) is 0.405. The van der Waals surface area contributed by atoms with Crippen LogP contribution >= 0.6 is 23.2 Å². The van der Waals surface area contributed by atoms with E-state index in [0.717, 1.165) is 68.0 Å². The number of aliphatic hydroxyl groups excluding tert-OH is 1. The molecule has 0 spiro atoms. The van der Waals surface area contributed by atoms with Crippen LogP contribution in [0.3, 0.4) is 0 Å². The maximum atomic E-state index is 13.7. The molecule has 4 aromatic rings. The van der Waals surface area contributed by atoms with Crippen LogP contribution in [0, 0.1) is 5.92 Å². The number of carbonyl (C=O) groups is 1. The summed E-state index contributed by atoms with van der Waals surface area (Å²) < 4.78 is 11.3. The monoisotopic (exact) mass is 689 g/mol. The van der Waals surface area contributed by atoms with Gasteiger partial charge in [0, 0.05) is 67.5 Å². The first kappa shape index (κ1) is 34.3. The second-order valence-electron chi connectivity index (χ2n) is 12.5. The molecule has 0 aliphatic carbocycles. The average Bonchev–Trinajstić information content (AvgIpc) is 3.56. The molecule has 1 unspecified atom stereocenters. The van der Waals surface area contributed by atoms with Crippen molar-refractivity contribution in [2.24, 2.45) is 5.92 Å². The molecule has 0 radical (unpaired) electrons. The third-order valence-electron chi connectivity index (χ3n) is 9.27. The summed E-state index contributed by atoms with van der Waals surface area (Å²) in [5.74, 6) is 1.30. The van der Waals surface area contributed by atoms with Crippen molar-refractivity contribution in [3.05, 3.63) is 86.9 Å². The number of hydrogen-bond acceptors (Lipinski definition) is 9. The lowest BCUT2D eigenvalue weighted by Crippen LogP contribution is -2.32. The molecule has 2 aromatic heterocycles. The minimum absolute atomic E-state index is 0.0812. The zero-order chi connectivity index (χ0) is 33.8. The van der Waals surface area contributed by atoms with Gasteiger partial charge in [-0.15, -0.1) is 0 Å². The molecule has 11 heteroatoms. The van der Waals surface area contributed by atoms with Crippen molar-refractivity contribution >= 4 is 29.0 Å². The summed E-state index contributed by atoms with van der Waals surface area (Å²) in [6.07, 6.45) is 4.66. The third-order valence-corrected chi connectivity index (χ3v) is 10.1. The van der Waals surface area contributed by atoms with Gasteiger partial charge in [0.15, 0.2) is 5.78 Å². The molecule has 48 heavy (non-hydrogen) atoms. The SMILES string of the molecule is CCCN1CCc2c(OC)cc(C(=O)Cc3cccc(-c4cccc(-c5cnc(CN6CCC(CO)C6)c(OC)n5)c4Cl)c3Cl)nc2C1. The van der Waals surface area contributed by atoms with Crippen molar-refractivity contribution in [2.75, 3.05) is 47.0 Å². The lowest BCUT2D eigenvalue weighted by molar-refractivity contribution is 0.0987. The molecule has 1 atom stereocenters. The van der Waals surface area contributed by atoms with Crippen LogP contribution < -0.4 is 9.47 Å². The Kier molecular flexibility index (Phi) is 10.9. The number of nitrogens with zero attached hydrogens (tertiary/aromatic N) is 5. The van der Waals surface area contributed by atoms with Crippen molar-refractivity contribution in [3.63, 3.8) is 0 Å². The Bertz CT molecular complexity index is 1800. The van der Waals surface area contributed by atoms with E-state index in [1.54, 1.807) is 26.5 Å². The Morgan fingerprint density at radius 3 is 2.50 bits per heavy atom. The molecule has 2 aliphatic rings. The van der Waals surface area contributed by atoms with Gasteiger partial charge in [-0.1, -0.05) is 66.5 Å². The molecule has 2 aliphatic heterocycles. The molecule has 6 rings (SSSR count). The fourth-order valence-electron chi connectivity index (χ4n) is 6.73. The second kappa shape index (κ2) is 15.3. The van der Waals surface area contributed by atoms with Crippen LogP contribution in [0.4, 0.5) is 0 Å². The van der Waals surface area contributed by atoms with E-state index >= 15 is 0 Å². The van der Waals surface area contributed by atoms with Gasteiger partial charge in [0.2, 0.25) is 5.88 Å². The highest BCUT2D eigenvalue weighted by Gasteiger charge is 2.26. The standard InChI is InChI=1S/C37H41Cl2N5O4/c1-4-13-43-15-12-27-31(20-43)41-29(17-34(27)47-2)33(46)16-24-7-5-8-25(35(24)38)26-9-6-10-28(36(26)39)30-18-40-32(37(42-30)48-3)21-44-14-11-23(19-44)22-45/h5-10,17-18,23,45H,4,11-16,19-22H2,1-3H3. The predicted molar refractivity (Wildman–Crippen MR) is 188 cm³/mol. The highest BCUT2D eigenvalue weighted by Crippen LogP contribution is 2.40. The van der Waals surface area contributed by atoms with Crippen molar-refractivity contribution < 1.29 is 19.4 Å². The van der Waals surface area contributed by atoms with E-state index in [0.29, 0.717) is 62.8 Å². The summed E-state index contributed by atoms with van der Waals surface area (Å²) in [6.45, 7) is 7.31. The molecule has 1 N–H and O–H groups in total. The lowest BCUT2D eigenvalue weighted by atomic mass is 9.97. The smallest absolute Gasteiger partial charge is 0.237 e. The second-order valence-corrected chi connectivity index (χ2v) is 13.2. The zero-order valence-electron chi connectivity index (χ0n) is 27.6. The van der Waals surface area contributed by atoms with E-state index in [2.05, 4.69) is 16.7 Å². The average molecular weight is 691 g/mol. The Hall–Kier alpha value is -3.60. The van der Waals surface area contributed by atoms with Crippen LogP contribution in [0.15, 0.2) is 48.7 Å². The number of methoxy groups -OCH3 is 2. The van der Waals surface area contributed by atoms with Gasteiger partial charge >= 0.3 is 0 Å². The normalized spacial score (nSPS) is 16.6. The molecular formula is C37H41Cl2N5O4. The number of aliphatic hydroxyl groups is 1. The number of Topliss-reactive ketones (excluding diaryl/α,β-unsaturated/α-hetero) is 1. The van der Waals surface area contributed by atoms with Gasteiger partial charge in [-0.2, -0.15) is 0 Å². The van der Waals surface area contributed by atoms with Gasteiger partial charge in [-0.3, -0.25) is 19.6 Å². The Morgan fingerprint density at radius 1 is 1.00 bits per heavy atom. The molecule has 1 saturated heterocycles. The minimum atomic E-state index is -0.133. The van der Waals surface area contributed by atoms with Crippen molar-refractivity contribution in [1.82, 2.24) is 24.8 Å². The number of hydrogen-bond donors (Lipinski definition) is 1. The zero-order valence-corrected chi connectivity index (χ0v) is 29.2. The Labute approximate surface area is 291 Å². The number of ether oxygens (including phenoxy) is 2. The number of likely N-dealkylation sites (tertiary alicyclic amines) is 1. The van der Waals surface area contributed by atoms with Crippen LogP contribution in [0.25, 0.3) is 22.4 Å². The van der Waals surface area contributed by atoms with Crippen molar-refractivity contribution in [1.29, 1.82) is 0 Å². The van der Waals surface area contributed by atoms with E-state index in [-0.39, 0.29) is 24.7 Å². The van der Waals surface area contributed by atoms with E-state index in [1.807, 2.05) is 36.4 Å². The van der Waals surface area contributed by atoms with Crippen molar-refractivity contribution in [2.45, 2.75) is 45.7 Å². The number of pyridine rings is 1. The minimum Gasteiger partial charge on any atom is -0.496 e. The van der Waals surface area contributed by atoms with Gasteiger partial charge in [-0.05, 0) is 43.8 Å². The van der Waals surface area contributed by atoms with Crippen LogP contribution in [-0.2, 0) is 25.9 Å². The van der Waals surface area contributed by atoms with Gasteiger partial charge < -0.3 is 14.6 Å². The van der Waals surface area contributed by atoms with E-state index < -0.39 is 0 Å². The summed E-state index contributed by atoms with van der Waals surface area (Å²) in [5.41, 5.74) is 6.46. The molecule has 0 saturated carbocycles. The quantitative estimate of drug-likeness (QED) is 0.166. The number of rotatable bonds is 12. The van der Waals surface area contributed by atoms with Crippen LogP contribution in [0.1, 0.15) is 52.8 Å². The van der Waals surface area contributed by atoms with Crippen LogP contribution in [0.2, 0.25) is 10.0 Å². The van der Waals surface area contributed by atoms with Crippen molar-refractivity contribution in [3.8, 4) is 34.0 Å². The summed E-state index contributed by atoms with van der Waals surface area (Å²) in [6, 6.07) is 13.1. The number of fused-ring (bicyclic) bond motifs is 1. The Balaban J connectivity index is 1.25. The maximum absolute atomic E-state index is 13.7. The number of ketones is 1. The topological polar surface area (TPSA) is 101 Å². The first-order valence-electron chi connectivity index (χ1n) is 16.5. The molecule has 0 bridgehead atoms. The molecular weight excluding hydrogens is 649 g/mol. The maximum Gasteiger partial charge on any atom is 0.237 e. The molecule has 1 fully saturated rings. The summed E-state index contributed by atoms with van der Waals surface area (Å²) in [4.78, 5) is 32.5. The highest BCUT2D eigenvalue weighted by molar-refractivity contribution is 6.38. The summed E-state index contributed by atoms with van der Waals surface area (Å²) >= 11 is 14.1. The molecule has 2 aromatic carbocycles. The molecule has 252 valence electrons. The third kappa shape index (κ3) is 7.21. The van der Waals surface area contributed by atoms with Gasteiger partial charge in [-0.25, -0.2) is 9.97 Å². The van der Waals surface area contributed by atoms with Gasteiger partial charge in [0.25, 0.3) is 0 Å². The largest absolute Gasteiger partial charge is 0.496 e. The van der Waals surface area contributed by atoms with Crippen LogP contribution in [-0.4, -0.2) is 82.6 Å². The number of benzene rings is 2. The van der Waals surface area contributed by atoms with E-state index in [4.69, 9.17) is 47.6 Å². The number of halogens is 2. The molecule has 4 heterocycles. The molecule has 0 amide bonds. The fourth-order valence-corrected chi connectivity index (χ4v) is 7.35.